The summed E-state index contributed by atoms with van der Waals surface area (Å²) in [6.45, 7) is 7.12. The molecule has 260 valence electrons. The molecular weight excluding hydrogens is 628 g/mol. The molecule has 2 aromatic heterocycles. The minimum atomic E-state index is -0.140. The van der Waals surface area contributed by atoms with Crippen LogP contribution in [0.15, 0.2) is 83.9 Å². The summed E-state index contributed by atoms with van der Waals surface area (Å²) in [6.07, 6.45) is 8.26. The molecule has 0 aliphatic carbocycles. The summed E-state index contributed by atoms with van der Waals surface area (Å²) in [4.78, 5) is 38.9. The SMILES string of the molecule is CCC[C@@H](CCCNc1ncc(C#N)c(N2CCC3(COC3)C2)n1)CN(C(=O)NCc1ccccc1)c1ccc(-c2ccc(=O)n(C)c2)cc1. The van der Waals surface area contributed by atoms with Gasteiger partial charge in [-0.25, -0.2) is 9.78 Å². The first-order chi connectivity index (χ1) is 24.4. The monoisotopic (exact) mass is 674 g/mol. The Kier molecular flexibility index (Phi) is 11.1. The van der Waals surface area contributed by atoms with Gasteiger partial charge in [0.1, 0.15) is 11.6 Å². The third kappa shape index (κ3) is 8.32. The first-order valence-corrected chi connectivity index (χ1v) is 17.6. The van der Waals surface area contributed by atoms with E-state index in [9.17, 15) is 14.9 Å². The number of benzene rings is 2. The van der Waals surface area contributed by atoms with Gasteiger partial charge in [0, 0.05) is 63.1 Å². The van der Waals surface area contributed by atoms with Crippen LogP contribution in [0.5, 0.6) is 0 Å². The maximum absolute atomic E-state index is 13.8. The number of urea groups is 1. The number of nitrogens with one attached hydrogen (secondary N) is 2. The molecule has 2 N–H and O–H groups in total. The Morgan fingerprint density at radius 3 is 2.54 bits per heavy atom. The largest absolute Gasteiger partial charge is 0.380 e. The number of carbonyl (C=O) groups is 1. The lowest BCUT2D eigenvalue weighted by atomic mass is 9.85. The summed E-state index contributed by atoms with van der Waals surface area (Å²) in [5.74, 6) is 1.49. The van der Waals surface area contributed by atoms with Gasteiger partial charge in [-0.15, -0.1) is 0 Å². The second-order valence-corrected chi connectivity index (χ2v) is 13.6. The highest BCUT2D eigenvalue weighted by Gasteiger charge is 2.45. The molecule has 1 spiro atoms. The average Bonchev–Trinajstić information content (AvgIpc) is 3.60. The fourth-order valence-electron chi connectivity index (χ4n) is 6.88. The number of pyridine rings is 1. The van der Waals surface area contributed by atoms with E-state index in [1.165, 1.54) is 0 Å². The van der Waals surface area contributed by atoms with Gasteiger partial charge in [-0.1, -0.05) is 55.8 Å². The normalized spacial score (nSPS) is 15.3. The summed E-state index contributed by atoms with van der Waals surface area (Å²) in [5.41, 5.74) is 4.39. The topological polar surface area (TPSA) is 128 Å². The van der Waals surface area contributed by atoms with Crippen LogP contribution in [0.4, 0.5) is 22.2 Å². The molecular formula is C39H46N8O3. The number of hydrogen-bond donors (Lipinski definition) is 2. The number of carbonyl (C=O) groups excluding carboxylic acids is 1. The van der Waals surface area contributed by atoms with Gasteiger partial charge in [0.15, 0.2) is 5.82 Å². The predicted molar refractivity (Wildman–Crippen MR) is 196 cm³/mol. The molecule has 1 atom stereocenters. The third-order valence-corrected chi connectivity index (χ3v) is 9.78. The van der Waals surface area contributed by atoms with Crippen LogP contribution in [0.1, 0.15) is 50.2 Å². The molecule has 0 radical (unpaired) electrons. The van der Waals surface area contributed by atoms with E-state index in [1.54, 1.807) is 23.9 Å². The summed E-state index contributed by atoms with van der Waals surface area (Å²) < 4.78 is 7.04. The van der Waals surface area contributed by atoms with E-state index in [1.807, 2.05) is 71.8 Å². The maximum atomic E-state index is 13.8. The van der Waals surface area contributed by atoms with Crippen LogP contribution >= 0.6 is 0 Å². The van der Waals surface area contributed by atoms with Gasteiger partial charge in [0.2, 0.25) is 11.5 Å². The average molecular weight is 675 g/mol. The zero-order valence-electron chi connectivity index (χ0n) is 29.0. The highest BCUT2D eigenvalue weighted by atomic mass is 16.5. The summed E-state index contributed by atoms with van der Waals surface area (Å²) in [5, 5.41) is 16.2. The Morgan fingerprint density at radius 1 is 1.08 bits per heavy atom. The number of amides is 2. The van der Waals surface area contributed by atoms with E-state index < -0.39 is 0 Å². The van der Waals surface area contributed by atoms with Crippen LogP contribution in [0, 0.1) is 22.7 Å². The first kappa shape index (κ1) is 34.6. The molecule has 2 amide bonds. The number of nitriles is 1. The van der Waals surface area contributed by atoms with Crippen molar-refractivity contribution in [3.8, 4) is 17.2 Å². The van der Waals surface area contributed by atoms with Gasteiger partial charge in [-0.05, 0) is 66.5 Å². The molecule has 2 aliphatic rings. The fourth-order valence-corrected chi connectivity index (χ4v) is 6.88. The van der Waals surface area contributed by atoms with E-state index in [0.29, 0.717) is 37.0 Å². The van der Waals surface area contributed by atoms with Crippen LogP contribution in [0.25, 0.3) is 11.1 Å². The lowest BCUT2D eigenvalue weighted by Crippen LogP contribution is -2.44. The Balaban J connectivity index is 1.11. The lowest BCUT2D eigenvalue weighted by Gasteiger charge is -2.37. The minimum Gasteiger partial charge on any atom is -0.380 e. The van der Waals surface area contributed by atoms with Gasteiger partial charge in [-0.3, -0.25) is 9.69 Å². The van der Waals surface area contributed by atoms with Crippen molar-refractivity contribution in [1.82, 2.24) is 19.9 Å². The Hall–Kier alpha value is -5.21. The highest BCUT2D eigenvalue weighted by molar-refractivity contribution is 5.92. The van der Waals surface area contributed by atoms with Crippen molar-refractivity contribution in [2.45, 2.75) is 45.6 Å². The third-order valence-electron chi connectivity index (χ3n) is 9.78. The molecule has 4 aromatic rings. The summed E-state index contributed by atoms with van der Waals surface area (Å²) >= 11 is 0. The number of anilines is 3. The number of aromatic nitrogens is 3. The minimum absolute atomic E-state index is 0.0577. The molecule has 6 rings (SSSR count). The van der Waals surface area contributed by atoms with Crippen molar-refractivity contribution in [3.05, 3.63) is 101 Å². The van der Waals surface area contributed by atoms with E-state index >= 15 is 0 Å². The molecule has 0 saturated carbocycles. The number of nitrogens with zero attached hydrogens (tertiary/aromatic N) is 6. The Labute approximate surface area is 293 Å². The van der Waals surface area contributed by atoms with E-state index in [0.717, 1.165) is 80.8 Å². The highest BCUT2D eigenvalue weighted by Crippen LogP contribution is 2.39. The maximum Gasteiger partial charge on any atom is 0.322 e. The zero-order valence-corrected chi connectivity index (χ0v) is 29.0. The number of ether oxygens (including phenoxy) is 1. The Bertz CT molecular complexity index is 1850. The van der Waals surface area contributed by atoms with Gasteiger partial charge >= 0.3 is 6.03 Å². The van der Waals surface area contributed by atoms with Gasteiger partial charge in [0.25, 0.3) is 0 Å². The predicted octanol–water partition coefficient (Wildman–Crippen LogP) is 5.97. The second kappa shape index (κ2) is 16.0. The molecule has 2 fully saturated rings. The van der Waals surface area contributed by atoms with Crippen LogP contribution in [0.2, 0.25) is 0 Å². The van der Waals surface area contributed by atoms with Crippen molar-refractivity contribution < 1.29 is 9.53 Å². The standard InChI is InChI=1S/C39H46N8O3/c1-3-8-30(11-7-19-41-37-42-23-33(21-40)36(44-37)46-20-18-39(26-46)27-50-28-39)24-47(38(49)43-22-29-9-5-4-6-10-29)34-15-12-31(13-16-34)32-14-17-35(48)45(2)25-32/h4-6,9-10,12-17,23,25,30H,3,7-8,11,18-20,22,24,26-28H2,1-2H3,(H,43,49)(H,41,42,44)/t30-/m0/s1. The molecule has 11 heteroatoms. The van der Waals surface area contributed by atoms with Gasteiger partial charge < -0.3 is 24.8 Å². The van der Waals surface area contributed by atoms with Crippen LogP contribution < -0.4 is 26.0 Å². The zero-order chi connectivity index (χ0) is 34.9. The van der Waals surface area contributed by atoms with Crippen molar-refractivity contribution in [1.29, 1.82) is 5.26 Å². The molecule has 2 saturated heterocycles. The number of hydrogen-bond acceptors (Lipinski definition) is 8. The molecule has 2 aromatic carbocycles. The van der Waals surface area contributed by atoms with Crippen LogP contribution in [-0.4, -0.2) is 60.0 Å². The lowest BCUT2D eigenvalue weighted by molar-refractivity contribution is -0.0985. The quantitative estimate of drug-likeness (QED) is 0.157. The second-order valence-electron chi connectivity index (χ2n) is 13.6. The molecule has 4 heterocycles. The molecule has 50 heavy (non-hydrogen) atoms. The smallest absolute Gasteiger partial charge is 0.322 e. The van der Waals surface area contributed by atoms with Gasteiger partial charge in [0.05, 0.1) is 19.4 Å². The van der Waals surface area contributed by atoms with E-state index in [2.05, 4.69) is 33.5 Å². The van der Waals surface area contributed by atoms with Crippen LogP contribution in [0.3, 0.4) is 0 Å². The van der Waals surface area contributed by atoms with Crippen molar-refractivity contribution in [3.63, 3.8) is 0 Å². The molecule has 2 aliphatic heterocycles. The van der Waals surface area contributed by atoms with Crippen molar-refractivity contribution >= 4 is 23.5 Å². The van der Waals surface area contributed by atoms with Crippen molar-refractivity contribution in [2.75, 3.05) is 54.5 Å². The summed E-state index contributed by atoms with van der Waals surface area (Å²) in [7, 11) is 1.74. The van der Waals surface area contributed by atoms with Crippen molar-refractivity contribution in [2.24, 2.45) is 18.4 Å². The summed E-state index contributed by atoms with van der Waals surface area (Å²) in [6, 6.07) is 23.4. The van der Waals surface area contributed by atoms with Gasteiger partial charge in [-0.2, -0.15) is 10.2 Å². The number of aryl methyl sites for hydroxylation is 1. The molecule has 0 unspecified atom stereocenters. The first-order valence-electron chi connectivity index (χ1n) is 17.6. The van der Waals surface area contributed by atoms with E-state index in [-0.39, 0.29) is 22.9 Å². The molecule has 0 bridgehead atoms. The van der Waals surface area contributed by atoms with Crippen LogP contribution in [-0.2, 0) is 18.3 Å². The molecule has 11 nitrogen and oxygen atoms in total. The van der Waals surface area contributed by atoms with E-state index in [4.69, 9.17) is 9.72 Å². The number of rotatable bonds is 14. The fraction of sp³-hybridized carbons (Fsp3) is 0.410. The Morgan fingerprint density at radius 2 is 1.86 bits per heavy atom.